The van der Waals surface area contributed by atoms with E-state index >= 15 is 0 Å². The van der Waals surface area contributed by atoms with Crippen molar-refractivity contribution in [3.8, 4) is 23.3 Å². The van der Waals surface area contributed by atoms with Crippen LogP contribution in [0.2, 0.25) is 0 Å². The second kappa shape index (κ2) is 8.64. The van der Waals surface area contributed by atoms with Crippen LogP contribution in [-0.2, 0) is 11.2 Å². The van der Waals surface area contributed by atoms with E-state index in [9.17, 15) is 4.79 Å². The van der Waals surface area contributed by atoms with Crippen molar-refractivity contribution >= 4 is 5.91 Å². The van der Waals surface area contributed by atoms with Crippen LogP contribution in [0.1, 0.15) is 24.1 Å². The molecule has 1 amide bonds. The highest BCUT2D eigenvalue weighted by Gasteiger charge is 2.15. The van der Waals surface area contributed by atoms with Crippen LogP contribution < -0.4 is 14.8 Å². The van der Waals surface area contributed by atoms with Gasteiger partial charge in [0.25, 0.3) is 5.91 Å². The fourth-order valence-corrected chi connectivity index (χ4v) is 2.49. The largest absolute Gasteiger partial charge is 0.493 e. The van der Waals surface area contributed by atoms with Crippen LogP contribution in [-0.4, -0.2) is 20.1 Å². The van der Waals surface area contributed by atoms with Crippen molar-refractivity contribution < 1.29 is 14.3 Å². The Labute approximate surface area is 142 Å². The molecule has 1 N–H and O–H groups in total. The predicted molar refractivity (Wildman–Crippen MR) is 94.0 cm³/mol. The Balaban J connectivity index is 2.27. The molecule has 2 rings (SSSR count). The molecule has 0 aliphatic rings. The maximum Gasteiger partial charge on any atom is 0.296 e. The minimum absolute atomic E-state index is 0.169. The third-order valence-electron chi connectivity index (χ3n) is 3.63. The molecule has 0 fully saturated rings. The van der Waals surface area contributed by atoms with Gasteiger partial charge in [-0.2, -0.15) is 0 Å². The highest BCUT2D eigenvalue weighted by molar-refractivity contribution is 5.93. The Kier molecular flexibility index (Phi) is 6.27. The molecule has 0 radical (unpaired) electrons. The number of methoxy groups -OCH3 is 2. The summed E-state index contributed by atoms with van der Waals surface area (Å²) < 4.78 is 10.6. The van der Waals surface area contributed by atoms with Gasteiger partial charge in [-0.05, 0) is 42.5 Å². The van der Waals surface area contributed by atoms with E-state index in [1.165, 1.54) is 0 Å². The van der Waals surface area contributed by atoms with Crippen molar-refractivity contribution in [1.82, 2.24) is 5.32 Å². The van der Waals surface area contributed by atoms with Crippen molar-refractivity contribution in [2.45, 2.75) is 19.4 Å². The summed E-state index contributed by atoms with van der Waals surface area (Å²) in [6.07, 6.45) is 0.626. The zero-order chi connectivity index (χ0) is 17.4. The molecule has 0 bridgehead atoms. The summed E-state index contributed by atoms with van der Waals surface area (Å²) in [4.78, 5) is 11.9. The number of carbonyl (C=O) groups is 1. The summed E-state index contributed by atoms with van der Waals surface area (Å²) >= 11 is 0. The summed E-state index contributed by atoms with van der Waals surface area (Å²) in [7, 11) is 3.21. The van der Waals surface area contributed by atoms with Gasteiger partial charge >= 0.3 is 0 Å². The standard InChI is InChI=1S/C20H21NO3/c1-4-8-20(22)21-17(16-9-6-5-7-10-16)13-15-11-12-18(23-2)19(14-15)24-3/h5-7,9-12,14,17H,13H2,1-3H3,(H,21,22). The summed E-state index contributed by atoms with van der Waals surface area (Å²) in [5, 5.41) is 2.96. The molecule has 0 aliphatic heterocycles. The minimum Gasteiger partial charge on any atom is -0.493 e. The lowest BCUT2D eigenvalue weighted by Gasteiger charge is -2.19. The minimum atomic E-state index is -0.285. The van der Waals surface area contributed by atoms with E-state index < -0.39 is 0 Å². The van der Waals surface area contributed by atoms with Crippen molar-refractivity contribution in [1.29, 1.82) is 0 Å². The fourth-order valence-electron chi connectivity index (χ4n) is 2.49. The number of carbonyl (C=O) groups excluding carboxylic acids is 1. The molecular weight excluding hydrogens is 302 g/mol. The van der Waals surface area contributed by atoms with Crippen LogP contribution in [0.4, 0.5) is 0 Å². The smallest absolute Gasteiger partial charge is 0.296 e. The molecule has 124 valence electrons. The van der Waals surface area contributed by atoms with E-state index in [1.54, 1.807) is 21.1 Å². The molecule has 4 nitrogen and oxygen atoms in total. The Morgan fingerprint density at radius 2 is 1.79 bits per heavy atom. The fraction of sp³-hybridized carbons (Fsp3) is 0.250. The van der Waals surface area contributed by atoms with Gasteiger partial charge in [0.2, 0.25) is 0 Å². The van der Waals surface area contributed by atoms with Crippen molar-refractivity contribution in [2.75, 3.05) is 14.2 Å². The number of nitrogens with one attached hydrogen (secondary N) is 1. The quantitative estimate of drug-likeness (QED) is 0.831. The zero-order valence-corrected chi connectivity index (χ0v) is 14.1. The first kappa shape index (κ1) is 17.4. The Morgan fingerprint density at radius 3 is 2.42 bits per heavy atom. The van der Waals surface area contributed by atoms with Crippen molar-refractivity contribution in [3.63, 3.8) is 0 Å². The topological polar surface area (TPSA) is 47.6 Å². The maximum absolute atomic E-state index is 11.9. The van der Waals surface area contributed by atoms with Gasteiger partial charge in [-0.25, -0.2) is 0 Å². The van der Waals surface area contributed by atoms with Crippen molar-refractivity contribution in [3.05, 3.63) is 59.7 Å². The highest BCUT2D eigenvalue weighted by Crippen LogP contribution is 2.29. The zero-order valence-electron chi connectivity index (χ0n) is 14.1. The molecule has 4 heteroatoms. The van der Waals surface area contributed by atoms with Crippen LogP contribution >= 0.6 is 0 Å². The van der Waals surface area contributed by atoms with Crippen LogP contribution in [0.25, 0.3) is 0 Å². The number of amides is 1. The van der Waals surface area contributed by atoms with E-state index in [1.807, 2.05) is 48.5 Å². The van der Waals surface area contributed by atoms with Crippen LogP contribution in [0.15, 0.2) is 48.5 Å². The van der Waals surface area contributed by atoms with Gasteiger partial charge in [-0.1, -0.05) is 42.3 Å². The van der Waals surface area contributed by atoms with Gasteiger partial charge < -0.3 is 14.8 Å². The average Bonchev–Trinajstić information content (AvgIpc) is 2.62. The average molecular weight is 323 g/mol. The number of ether oxygens (including phenoxy) is 2. The Bertz CT molecular complexity index is 744. The highest BCUT2D eigenvalue weighted by atomic mass is 16.5. The Morgan fingerprint density at radius 1 is 1.08 bits per heavy atom. The molecule has 0 heterocycles. The second-order valence-electron chi connectivity index (χ2n) is 5.21. The van der Waals surface area contributed by atoms with Crippen LogP contribution in [0, 0.1) is 11.8 Å². The van der Waals surface area contributed by atoms with Crippen LogP contribution in [0.3, 0.4) is 0 Å². The third kappa shape index (κ3) is 4.53. The monoisotopic (exact) mass is 323 g/mol. The summed E-state index contributed by atoms with van der Waals surface area (Å²) in [6.45, 7) is 1.64. The normalized spacial score (nSPS) is 11.0. The lowest BCUT2D eigenvalue weighted by Crippen LogP contribution is -2.28. The number of benzene rings is 2. The third-order valence-corrected chi connectivity index (χ3v) is 3.63. The molecule has 0 saturated carbocycles. The number of hydrogen-bond donors (Lipinski definition) is 1. The first-order valence-corrected chi connectivity index (χ1v) is 7.67. The Hall–Kier alpha value is -2.93. The number of hydrogen-bond acceptors (Lipinski definition) is 3. The van der Waals surface area contributed by atoms with Gasteiger partial charge in [-0.3, -0.25) is 4.79 Å². The first-order valence-electron chi connectivity index (χ1n) is 7.67. The van der Waals surface area contributed by atoms with Gasteiger partial charge in [0.05, 0.1) is 20.3 Å². The molecule has 1 atom stereocenters. The molecule has 0 saturated heterocycles. The van der Waals surface area contributed by atoms with E-state index in [0.717, 1.165) is 11.1 Å². The molecule has 1 unspecified atom stereocenters. The molecular formula is C20H21NO3. The first-order chi connectivity index (χ1) is 11.7. The summed E-state index contributed by atoms with van der Waals surface area (Å²) in [5.41, 5.74) is 2.06. The van der Waals surface area contributed by atoms with E-state index in [-0.39, 0.29) is 11.9 Å². The SMILES string of the molecule is CC#CC(=O)NC(Cc1ccc(OC)c(OC)c1)c1ccccc1. The second-order valence-corrected chi connectivity index (χ2v) is 5.21. The number of rotatable bonds is 6. The molecule has 0 spiro atoms. The van der Waals surface area contributed by atoms with Gasteiger partial charge in [0.1, 0.15) is 0 Å². The van der Waals surface area contributed by atoms with Gasteiger partial charge in [0.15, 0.2) is 11.5 Å². The molecule has 24 heavy (non-hydrogen) atoms. The van der Waals surface area contributed by atoms with E-state index in [2.05, 4.69) is 17.2 Å². The van der Waals surface area contributed by atoms with E-state index in [4.69, 9.17) is 9.47 Å². The van der Waals surface area contributed by atoms with Gasteiger partial charge in [0, 0.05) is 0 Å². The molecule has 2 aromatic carbocycles. The molecule has 2 aromatic rings. The van der Waals surface area contributed by atoms with Crippen molar-refractivity contribution in [2.24, 2.45) is 0 Å². The van der Waals surface area contributed by atoms with E-state index in [0.29, 0.717) is 17.9 Å². The molecule has 0 aliphatic carbocycles. The lowest BCUT2D eigenvalue weighted by molar-refractivity contribution is -0.116. The lowest BCUT2D eigenvalue weighted by atomic mass is 9.98. The summed E-state index contributed by atoms with van der Waals surface area (Å²) in [5.74, 6) is 6.21. The molecule has 0 aromatic heterocycles. The predicted octanol–water partition coefficient (Wildman–Crippen LogP) is 3.13. The van der Waals surface area contributed by atoms with Crippen LogP contribution in [0.5, 0.6) is 11.5 Å². The van der Waals surface area contributed by atoms with Gasteiger partial charge in [-0.15, -0.1) is 0 Å². The maximum atomic E-state index is 11.9. The summed E-state index contributed by atoms with van der Waals surface area (Å²) in [6, 6.07) is 15.4.